The maximum absolute atomic E-state index is 13.6. The first-order chi connectivity index (χ1) is 18.6. The van der Waals surface area contributed by atoms with Crippen molar-refractivity contribution in [2.75, 3.05) is 18.4 Å². The molecule has 40 heavy (non-hydrogen) atoms. The van der Waals surface area contributed by atoms with Gasteiger partial charge in [-0.2, -0.15) is 4.31 Å². The van der Waals surface area contributed by atoms with E-state index in [0.717, 1.165) is 0 Å². The van der Waals surface area contributed by atoms with E-state index in [1.54, 1.807) is 49.0 Å². The van der Waals surface area contributed by atoms with Gasteiger partial charge in [0.2, 0.25) is 16.0 Å². The lowest BCUT2D eigenvalue weighted by Gasteiger charge is -2.31. The fourth-order valence-corrected chi connectivity index (χ4v) is 6.58. The van der Waals surface area contributed by atoms with Crippen LogP contribution in [0.3, 0.4) is 0 Å². The summed E-state index contributed by atoms with van der Waals surface area (Å²) in [4.78, 5) is 22.4. The molecule has 5 rings (SSSR count). The number of anilines is 1. The number of aromatic nitrogens is 5. The highest BCUT2D eigenvalue weighted by Gasteiger charge is 2.34. The van der Waals surface area contributed by atoms with Gasteiger partial charge in [0.05, 0.1) is 17.1 Å². The van der Waals surface area contributed by atoms with Gasteiger partial charge in [-0.05, 0) is 70.9 Å². The normalized spacial score (nSPS) is 14.8. The van der Waals surface area contributed by atoms with Gasteiger partial charge in [0.15, 0.2) is 5.76 Å². The lowest BCUT2D eigenvalue weighted by molar-refractivity contribution is 0.328. The van der Waals surface area contributed by atoms with E-state index in [4.69, 9.17) is 4.52 Å². The molecule has 1 N–H and O–H groups in total. The molecule has 1 aromatic carbocycles. The van der Waals surface area contributed by atoms with E-state index in [9.17, 15) is 17.6 Å². The summed E-state index contributed by atoms with van der Waals surface area (Å²) in [5.41, 5.74) is 1.68. The van der Waals surface area contributed by atoms with Crippen molar-refractivity contribution < 1.29 is 17.3 Å². The summed E-state index contributed by atoms with van der Waals surface area (Å²) in [6.45, 7) is 7.68. The molecule has 3 aromatic heterocycles. The SMILES string of the molecule is Cc1noc(C)c1S(=O)(=O)N1CCC(Nc2nccc(-c3cn(C(C)C)c(=O)n3-c3ccc(F)cc3)n2)CC1.Cl. The minimum Gasteiger partial charge on any atom is -0.360 e. The third kappa shape index (κ3) is 5.54. The quantitative estimate of drug-likeness (QED) is 0.340. The molecule has 1 saturated heterocycles. The highest BCUT2D eigenvalue weighted by atomic mass is 35.5. The van der Waals surface area contributed by atoms with Crippen molar-refractivity contribution in [2.45, 2.75) is 57.5 Å². The van der Waals surface area contributed by atoms with Gasteiger partial charge < -0.3 is 9.84 Å². The van der Waals surface area contributed by atoms with E-state index < -0.39 is 15.8 Å². The summed E-state index contributed by atoms with van der Waals surface area (Å²) in [6, 6.07) is 7.29. The molecule has 1 aliphatic rings. The van der Waals surface area contributed by atoms with Gasteiger partial charge in [0.25, 0.3) is 0 Å². The Morgan fingerprint density at radius 2 is 1.77 bits per heavy atom. The average molecular weight is 592 g/mol. The molecule has 0 radical (unpaired) electrons. The van der Waals surface area contributed by atoms with Crippen molar-refractivity contribution in [1.29, 1.82) is 0 Å². The van der Waals surface area contributed by atoms with Gasteiger partial charge in [0.1, 0.15) is 16.4 Å². The molecule has 214 valence electrons. The van der Waals surface area contributed by atoms with Crippen molar-refractivity contribution in [3.8, 4) is 17.1 Å². The third-order valence-electron chi connectivity index (χ3n) is 6.83. The molecule has 14 heteroatoms. The second kappa shape index (κ2) is 11.5. The Morgan fingerprint density at radius 1 is 1.10 bits per heavy atom. The highest BCUT2D eigenvalue weighted by molar-refractivity contribution is 7.89. The Kier molecular flexibility index (Phi) is 8.47. The van der Waals surface area contributed by atoms with Crippen LogP contribution in [0, 0.1) is 19.7 Å². The fraction of sp³-hybridized carbons (Fsp3) is 0.385. The fourth-order valence-electron chi connectivity index (χ4n) is 4.82. The summed E-state index contributed by atoms with van der Waals surface area (Å²) in [5, 5.41) is 7.09. The van der Waals surface area contributed by atoms with Gasteiger partial charge in [-0.15, -0.1) is 12.4 Å². The number of hydrogen-bond acceptors (Lipinski definition) is 8. The van der Waals surface area contributed by atoms with Crippen LogP contribution in [-0.2, 0) is 10.0 Å². The predicted molar refractivity (Wildman–Crippen MR) is 150 cm³/mol. The minimum absolute atomic E-state index is 0. The Bertz CT molecular complexity index is 1640. The summed E-state index contributed by atoms with van der Waals surface area (Å²) in [7, 11) is -3.70. The average Bonchev–Trinajstić information content (AvgIpc) is 3.44. The molecule has 0 saturated carbocycles. The number of aryl methyl sites for hydroxylation is 2. The number of nitrogens with zero attached hydrogens (tertiary/aromatic N) is 6. The van der Waals surface area contributed by atoms with Crippen molar-refractivity contribution in [3.05, 3.63) is 70.5 Å². The Balaban J connectivity index is 0.00000370. The number of hydrogen-bond donors (Lipinski definition) is 1. The van der Waals surface area contributed by atoms with E-state index in [1.165, 1.54) is 21.0 Å². The van der Waals surface area contributed by atoms with Crippen LogP contribution in [0.5, 0.6) is 0 Å². The van der Waals surface area contributed by atoms with Crippen molar-refractivity contribution in [3.63, 3.8) is 0 Å². The molecule has 4 heterocycles. The number of halogens is 2. The second-order valence-corrected chi connectivity index (χ2v) is 11.7. The molecular weight excluding hydrogens is 561 g/mol. The first-order valence-corrected chi connectivity index (χ1v) is 14.1. The van der Waals surface area contributed by atoms with Gasteiger partial charge >= 0.3 is 5.69 Å². The zero-order chi connectivity index (χ0) is 27.9. The van der Waals surface area contributed by atoms with Crippen molar-refractivity contribution in [2.24, 2.45) is 0 Å². The van der Waals surface area contributed by atoms with Crippen molar-refractivity contribution >= 4 is 28.4 Å². The first-order valence-electron chi connectivity index (χ1n) is 12.7. The molecule has 0 bridgehead atoms. The second-order valence-electron chi connectivity index (χ2n) is 9.85. The summed E-state index contributed by atoms with van der Waals surface area (Å²) in [6.07, 6.45) is 4.45. The van der Waals surface area contributed by atoms with E-state index >= 15 is 0 Å². The number of sulfonamides is 1. The smallest absolute Gasteiger partial charge is 0.333 e. The number of benzene rings is 1. The van der Waals surface area contributed by atoms with E-state index in [0.29, 0.717) is 54.6 Å². The van der Waals surface area contributed by atoms with Crippen LogP contribution in [0.25, 0.3) is 17.1 Å². The van der Waals surface area contributed by atoms with Crippen LogP contribution in [0.4, 0.5) is 10.3 Å². The first kappa shape index (κ1) is 29.4. The molecule has 0 atom stereocenters. The molecule has 0 amide bonds. The van der Waals surface area contributed by atoms with Crippen LogP contribution in [0.2, 0.25) is 0 Å². The molecule has 1 aliphatic heterocycles. The molecule has 11 nitrogen and oxygen atoms in total. The zero-order valence-corrected chi connectivity index (χ0v) is 24.2. The van der Waals surface area contributed by atoms with Gasteiger partial charge in [-0.1, -0.05) is 5.16 Å². The van der Waals surface area contributed by atoms with E-state index in [1.807, 2.05) is 13.8 Å². The van der Waals surface area contributed by atoms with Crippen LogP contribution in [-0.4, -0.2) is 56.1 Å². The van der Waals surface area contributed by atoms with Crippen LogP contribution in [0.15, 0.2) is 56.9 Å². The standard InChI is InChI=1S/C26H30FN7O4S.ClH/c1-16(2)33-15-23(34(26(33)35)21-7-5-19(27)6-8-21)22-9-12-28-25(30-22)29-20-10-13-32(14-11-20)39(36,37)24-17(3)31-38-18(24)4;/h5-9,12,15-16,20H,10-11,13-14H2,1-4H3,(H,28,29,30);1H. The molecule has 0 aliphatic carbocycles. The molecule has 0 unspecified atom stereocenters. The van der Waals surface area contributed by atoms with Crippen molar-refractivity contribution in [1.82, 2.24) is 28.6 Å². The van der Waals surface area contributed by atoms with Gasteiger partial charge in [-0.25, -0.2) is 27.6 Å². The Hall–Kier alpha value is -3.55. The highest BCUT2D eigenvalue weighted by Crippen LogP contribution is 2.27. The van der Waals surface area contributed by atoms with E-state index in [2.05, 4.69) is 20.4 Å². The zero-order valence-electron chi connectivity index (χ0n) is 22.5. The number of imidazole rings is 1. The van der Waals surface area contributed by atoms with Crippen LogP contribution >= 0.6 is 12.4 Å². The molecule has 1 fully saturated rings. The Morgan fingerprint density at radius 3 is 2.38 bits per heavy atom. The van der Waals surface area contributed by atoms with Gasteiger partial charge in [-0.3, -0.25) is 9.13 Å². The third-order valence-corrected chi connectivity index (χ3v) is 8.97. The van der Waals surface area contributed by atoms with Crippen LogP contribution in [0.1, 0.15) is 44.2 Å². The number of piperidine rings is 1. The lowest BCUT2D eigenvalue weighted by Crippen LogP contribution is -2.42. The predicted octanol–water partition coefficient (Wildman–Crippen LogP) is 4.11. The van der Waals surface area contributed by atoms with Gasteiger partial charge in [0, 0.05) is 37.6 Å². The maximum Gasteiger partial charge on any atom is 0.333 e. The summed E-state index contributed by atoms with van der Waals surface area (Å²) < 4.78 is 49.4. The monoisotopic (exact) mass is 591 g/mol. The maximum atomic E-state index is 13.6. The molecule has 0 spiro atoms. The molecule has 4 aromatic rings. The Labute approximate surface area is 237 Å². The number of nitrogens with one attached hydrogen (secondary N) is 1. The largest absolute Gasteiger partial charge is 0.360 e. The molecular formula is C26H31ClFN7O4S. The lowest BCUT2D eigenvalue weighted by atomic mass is 10.1. The minimum atomic E-state index is -3.70. The van der Waals surface area contributed by atoms with Crippen LogP contribution < -0.4 is 11.0 Å². The van der Waals surface area contributed by atoms with E-state index in [-0.39, 0.29) is 40.8 Å². The summed E-state index contributed by atoms with van der Waals surface area (Å²) in [5.74, 6) is 0.258. The number of rotatable bonds is 7. The summed E-state index contributed by atoms with van der Waals surface area (Å²) >= 11 is 0. The topological polar surface area (TPSA) is 128 Å².